The number of nitrogens with one attached hydrogen (secondary N) is 1. The van der Waals surface area contributed by atoms with Crippen molar-refractivity contribution in [3.05, 3.63) is 29.3 Å². The molecule has 0 heterocycles. The van der Waals surface area contributed by atoms with Gasteiger partial charge in [-0.1, -0.05) is 13.3 Å². The van der Waals surface area contributed by atoms with Crippen LogP contribution in [0, 0.1) is 11.6 Å². The molecule has 1 aromatic carbocycles. The van der Waals surface area contributed by atoms with Crippen LogP contribution >= 0.6 is 11.8 Å². The number of halogens is 2. The summed E-state index contributed by atoms with van der Waals surface area (Å²) >= 11 is 1.79. The molecule has 0 aliphatic heterocycles. The maximum atomic E-state index is 13.8. The highest BCUT2D eigenvalue weighted by Crippen LogP contribution is 2.30. The van der Waals surface area contributed by atoms with E-state index in [9.17, 15) is 13.6 Å². The zero-order valence-electron chi connectivity index (χ0n) is 11.3. The molecule has 1 aliphatic carbocycles. The molecule has 1 fully saturated rings. The number of hydrogen-bond acceptors (Lipinski definition) is 3. The van der Waals surface area contributed by atoms with Crippen LogP contribution in [-0.4, -0.2) is 23.0 Å². The van der Waals surface area contributed by atoms with Gasteiger partial charge in [-0.2, -0.15) is 11.8 Å². The van der Waals surface area contributed by atoms with Crippen molar-refractivity contribution in [3.63, 3.8) is 0 Å². The Kier molecular flexibility index (Phi) is 4.86. The molecule has 2 rings (SSSR count). The Balaban J connectivity index is 2.12. The van der Waals surface area contributed by atoms with E-state index in [4.69, 9.17) is 5.73 Å². The zero-order valence-corrected chi connectivity index (χ0v) is 12.1. The predicted octanol–water partition coefficient (Wildman–Crippen LogP) is 2.95. The van der Waals surface area contributed by atoms with Crippen molar-refractivity contribution in [2.75, 3.05) is 11.5 Å². The van der Waals surface area contributed by atoms with Crippen molar-refractivity contribution in [2.24, 2.45) is 0 Å². The molecule has 0 aromatic heterocycles. The third-order valence-corrected chi connectivity index (χ3v) is 4.79. The summed E-state index contributed by atoms with van der Waals surface area (Å²) in [5, 5.41) is 3.15. The average Bonchev–Trinajstić information content (AvgIpc) is 2.81. The van der Waals surface area contributed by atoms with Crippen LogP contribution in [0.3, 0.4) is 0 Å². The van der Waals surface area contributed by atoms with Gasteiger partial charge in [-0.05, 0) is 30.7 Å². The normalized spacial score (nSPS) is 21.9. The smallest absolute Gasteiger partial charge is 0.254 e. The highest BCUT2D eigenvalue weighted by atomic mass is 32.2. The Morgan fingerprint density at radius 2 is 2.20 bits per heavy atom. The van der Waals surface area contributed by atoms with Crippen molar-refractivity contribution in [3.8, 4) is 0 Å². The lowest BCUT2D eigenvalue weighted by Crippen LogP contribution is -2.39. The molecule has 0 radical (unpaired) electrons. The fourth-order valence-electron chi connectivity index (χ4n) is 2.53. The number of nitrogen functional groups attached to an aromatic ring is 1. The summed E-state index contributed by atoms with van der Waals surface area (Å²) in [6, 6.07) is 1.77. The molecule has 1 amide bonds. The molecule has 3 N–H and O–H groups in total. The maximum Gasteiger partial charge on any atom is 0.254 e. The summed E-state index contributed by atoms with van der Waals surface area (Å²) in [6.07, 6.45) is 2.95. The molecule has 0 saturated heterocycles. The first kappa shape index (κ1) is 15.1. The highest BCUT2D eigenvalue weighted by Gasteiger charge is 2.29. The van der Waals surface area contributed by atoms with Gasteiger partial charge in [0.2, 0.25) is 0 Å². The number of anilines is 1. The zero-order chi connectivity index (χ0) is 14.7. The van der Waals surface area contributed by atoms with Crippen LogP contribution in [0.15, 0.2) is 12.1 Å². The van der Waals surface area contributed by atoms with Gasteiger partial charge in [0.15, 0.2) is 5.82 Å². The van der Waals surface area contributed by atoms with Crippen LogP contribution in [0.1, 0.15) is 36.5 Å². The molecule has 6 heteroatoms. The number of carbonyl (C=O) groups is 1. The highest BCUT2D eigenvalue weighted by molar-refractivity contribution is 7.99. The van der Waals surface area contributed by atoms with Gasteiger partial charge < -0.3 is 11.1 Å². The molecular weight excluding hydrogens is 282 g/mol. The number of hydrogen-bond donors (Lipinski definition) is 2. The van der Waals surface area contributed by atoms with Crippen LogP contribution in [0.5, 0.6) is 0 Å². The third-order valence-electron chi connectivity index (χ3n) is 3.46. The first-order chi connectivity index (χ1) is 9.52. The van der Waals surface area contributed by atoms with Crippen LogP contribution in [0.2, 0.25) is 0 Å². The van der Waals surface area contributed by atoms with E-state index in [1.807, 2.05) is 0 Å². The lowest BCUT2D eigenvalue weighted by Gasteiger charge is -2.20. The number of nitrogens with two attached hydrogens (primary N) is 1. The molecular formula is C14H18F2N2OS. The lowest BCUT2D eigenvalue weighted by molar-refractivity contribution is 0.0934. The second-order valence-electron chi connectivity index (χ2n) is 4.86. The molecule has 3 nitrogen and oxygen atoms in total. The molecule has 1 saturated carbocycles. The lowest BCUT2D eigenvalue weighted by atomic mass is 10.1. The Morgan fingerprint density at radius 3 is 2.90 bits per heavy atom. The summed E-state index contributed by atoms with van der Waals surface area (Å²) in [6.45, 7) is 2.06. The van der Waals surface area contributed by atoms with Crippen molar-refractivity contribution in [1.29, 1.82) is 0 Å². The van der Waals surface area contributed by atoms with E-state index >= 15 is 0 Å². The SMILES string of the molecule is CCSC1CCCC1NC(=O)c1cc(F)cc(N)c1F. The van der Waals surface area contributed by atoms with Crippen LogP contribution in [0.4, 0.5) is 14.5 Å². The standard InChI is InChI=1S/C14H18F2N2OS/c1-2-20-12-5-3-4-11(12)18-14(19)9-6-8(15)7-10(17)13(9)16/h6-7,11-12H,2-5,17H2,1H3,(H,18,19). The Morgan fingerprint density at radius 1 is 1.45 bits per heavy atom. The van der Waals surface area contributed by atoms with Crippen LogP contribution < -0.4 is 11.1 Å². The Bertz CT molecular complexity index is 510. The van der Waals surface area contributed by atoms with Gasteiger partial charge in [-0.25, -0.2) is 8.78 Å². The Hall–Kier alpha value is -1.30. The minimum atomic E-state index is -0.860. The molecule has 0 spiro atoms. The van der Waals surface area contributed by atoms with Gasteiger partial charge in [0.1, 0.15) is 5.82 Å². The topological polar surface area (TPSA) is 55.1 Å². The van der Waals surface area contributed by atoms with E-state index in [0.717, 1.165) is 37.1 Å². The summed E-state index contributed by atoms with van der Waals surface area (Å²) in [5.41, 5.74) is 4.67. The van der Waals surface area contributed by atoms with E-state index in [1.165, 1.54) is 0 Å². The van der Waals surface area contributed by atoms with E-state index < -0.39 is 17.5 Å². The minimum Gasteiger partial charge on any atom is -0.396 e. The van der Waals surface area contributed by atoms with Gasteiger partial charge in [-0.15, -0.1) is 0 Å². The fraction of sp³-hybridized carbons (Fsp3) is 0.500. The number of carbonyl (C=O) groups excluding carboxylic acids is 1. The average molecular weight is 300 g/mol. The molecule has 0 bridgehead atoms. The summed E-state index contributed by atoms with van der Waals surface area (Å²) < 4.78 is 27.0. The summed E-state index contributed by atoms with van der Waals surface area (Å²) in [7, 11) is 0. The van der Waals surface area contributed by atoms with Crippen molar-refractivity contribution >= 4 is 23.4 Å². The minimum absolute atomic E-state index is 0.0105. The fourth-order valence-corrected chi connectivity index (χ4v) is 3.72. The molecule has 2 unspecified atom stereocenters. The van der Waals surface area contributed by atoms with Crippen LogP contribution in [0.25, 0.3) is 0 Å². The van der Waals surface area contributed by atoms with Gasteiger partial charge in [0, 0.05) is 11.3 Å². The molecule has 110 valence electrons. The van der Waals surface area contributed by atoms with Gasteiger partial charge >= 0.3 is 0 Å². The summed E-state index contributed by atoms with van der Waals surface area (Å²) in [4.78, 5) is 12.1. The first-order valence-electron chi connectivity index (χ1n) is 6.70. The van der Waals surface area contributed by atoms with E-state index in [2.05, 4.69) is 12.2 Å². The van der Waals surface area contributed by atoms with Crippen LogP contribution in [-0.2, 0) is 0 Å². The largest absolute Gasteiger partial charge is 0.396 e. The number of thioether (sulfide) groups is 1. The molecule has 1 aliphatic rings. The maximum absolute atomic E-state index is 13.8. The second-order valence-corrected chi connectivity index (χ2v) is 6.38. The van der Waals surface area contributed by atoms with E-state index in [1.54, 1.807) is 11.8 Å². The van der Waals surface area contributed by atoms with Crippen molar-refractivity contribution in [2.45, 2.75) is 37.5 Å². The monoisotopic (exact) mass is 300 g/mol. The van der Waals surface area contributed by atoms with E-state index in [0.29, 0.717) is 5.25 Å². The van der Waals surface area contributed by atoms with Gasteiger partial charge in [0.05, 0.1) is 11.3 Å². The first-order valence-corrected chi connectivity index (χ1v) is 7.74. The second kappa shape index (κ2) is 6.43. The molecule has 2 atom stereocenters. The van der Waals surface area contributed by atoms with Gasteiger partial charge in [-0.3, -0.25) is 4.79 Å². The quantitative estimate of drug-likeness (QED) is 0.841. The third kappa shape index (κ3) is 3.23. The van der Waals surface area contributed by atoms with Gasteiger partial charge in [0.25, 0.3) is 5.91 Å². The number of rotatable bonds is 4. The van der Waals surface area contributed by atoms with E-state index in [-0.39, 0.29) is 17.3 Å². The number of amides is 1. The summed E-state index contributed by atoms with van der Waals surface area (Å²) in [5.74, 6) is -1.19. The molecule has 20 heavy (non-hydrogen) atoms. The van der Waals surface area contributed by atoms with Crippen molar-refractivity contribution in [1.82, 2.24) is 5.32 Å². The predicted molar refractivity (Wildman–Crippen MR) is 77.8 cm³/mol. The molecule has 1 aromatic rings. The Labute approximate surface area is 121 Å². The van der Waals surface area contributed by atoms with Crippen molar-refractivity contribution < 1.29 is 13.6 Å². The number of benzene rings is 1.